The van der Waals surface area contributed by atoms with Crippen LogP contribution < -0.4 is 0 Å². The van der Waals surface area contributed by atoms with Gasteiger partial charge in [0.2, 0.25) is 0 Å². The summed E-state index contributed by atoms with van der Waals surface area (Å²) >= 11 is 0. The Kier molecular flexibility index (Phi) is 2.25. The van der Waals surface area contributed by atoms with E-state index in [2.05, 4.69) is 18.0 Å². The van der Waals surface area contributed by atoms with Gasteiger partial charge in [0.25, 0.3) is 0 Å². The maximum absolute atomic E-state index is 4.02. The fourth-order valence-electron chi connectivity index (χ4n) is 0.720. The highest BCUT2D eigenvalue weighted by molar-refractivity contribution is 5.59. The molecule has 0 aromatic heterocycles. The summed E-state index contributed by atoms with van der Waals surface area (Å²) in [6.07, 6.45) is 11.0. The standard InChI is InChI=1S/C8H11N/c1-8-4-2-3-6-9-7-5-8/h2-4,6-8H,5H2,1H3/b4-2-,6-3-,9-7?. The highest BCUT2D eigenvalue weighted by Crippen LogP contribution is 2.02. The van der Waals surface area contributed by atoms with Crippen LogP contribution in [0.2, 0.25) is 0 Å². The van der Waals surface area contributed by atoms with Crippen LogP contribution in [0.5, 0.6) is 0 Å². The first-order valence-corrected chi connectivity index (χ1v) is 3.24. The molecule has 0 amide bonds. The second-order valence-electron chi connectivity index (χ2n) is 2.27. The van der Waals surface area contributed by atoms with Crippen molar-refractivity contribution in [2.45, 2.75) is 13.3 Å². The molecule has 9 heavy (non-hydrogen) atoms. The van der Waals surface area contributed by atoms with Crippen LogP contribution in [0.1, 0.15) is 13.3 Å². The quantitative estimate of drug-likeness (QED) is 0.465. The smallest absolute Gasteiger partial charge is 0.0263 e. The minimum absolute atomic E-state index is 0.638. The second-order valence-corrected chi connectivity index (χ2v) is 2.27. The monoisotopic (exact) mass is 121 g/mol. The Morgan fingerprint density at radius 2 is 2.33 bits per heavy atom. The second kappa shape index (κ2) is 3.23. The molecule has 1 heterocycles. The first-order valence-electron chi connectivity index (χ1n) is 3.24. The molecule has 0 N–H and O–H groups in total. The van der Waals surface area contributed by atoms with Crippen molar-refractivity contribution in [1.29, 1.82) is 0 Å². The van der Waals surface area contributed by atoms with Crippen molar-refractivity contribution in [3.05, 3.63) is 24.4 Å². The molecule has 48 valence electrons. The predicted octanol–water partition coefficient (Wildman–Crippen LogP) is 2.17. The lowest BCUT2D eigenvalue weighted by atomic mass is 10.1. The van der Waals surface area contributed by atoms with Gasteiger partial charge in [-0.25, -0.2) is 0 Å². The van der Waals surface area contributed by atoms with E-state index >= 15 is 0 Å². The molecule has 0 saturated carbocycles. The molecular formula is C8H11N. The Hall–Kier alpha value is -0.850. The molecule has 0 aromatic carbocycles. The van der Waals surface area contributed by atoms with Crippen molar-refractivity contribution in [2.75, 3.05) is 0 Å². The third-order valence-electron chi connectivity index (χ3n) is 1.31. The van der Waals surface area contributed by atoms with E-state index in [1.54, 1.807) is 0 Å². The van der Waals surface area contributed by atoms with Crippen molar-refractivity contribution in [3.63, 3.8) is 0 Å². The Labute approximate surface area is 55.8 Å². The minimum atomic E-state index is 0.638. The van der Waals surface area contributed by atoms with Crippen LogP contribution >= 0.6 is 0 Å². The van der Waals surface area contributed by atoms with Crippen LogP contribution in [0.15, 0.2) is 29.4 Å². The van der Waals surface area contributed by atoms with Gasteiger partial charge in [0.1, 0.15) is 0 Å². The van der Waals surface area contributed by atoms with Crippen molar-refractivity contribution < 1.29 is 0 Å². The predicted molar refractivity (Wildman–Crippen MR) is 40.6 cm³/mol. The highest BCUT2D eigenvalue weighted by Gasteiger charge is 1.92. The first-order chi connectivity index (χ1) is 4.39. The van der Waals surface area contributed by atoms with Gasteiger partial charge in [0, 0.05) is 12.4 Å². The molecule has 0 saturated heterocycles. The minimum Gasteiger partial charge on any atom is -0.269 e. The van der Waals surface area contributed by atoms with Gasteiger partial charge >= 0.3 is 0 Å². The first kappa shape index (κ1) is 6.27. The van der Waals surface area contributed by atoms with E-state index in [9.17, 15) is 0 Å². The summed E-state index contributed by atoms with van der Waals surface area (Å²) in [5, 5.41) is 0. The Morgan fingerprint density at radius 1 is 1.44 bits per heavy atom. The van der Waals surface area contributed by atoms with Gasteiger partial charge in [-0.15, -0.1) is 0 Å². The third kappa shape index (κ3) is 2.27. The molecule has 1 atom stereocenters. The molecule has 1 heteroatoms. The summed E-state index contributed by atoms with van der Waals surface area (Å²) in [5.41, 5.74) is 0. The molecule has 1 unspecified atom stereocenters. The normalized spacial score (nSPS) is 32.8. The molecule has 0 aliphatic carbocycles. The zero-order valence-electron chi connectivity index (χ0n) is 5.62. The third-order valence-corrected chi connectivity index (χ3v) is 1.31. The van der Waals surface area contributed by atoms with Crippen molar-refractivity contribution in [1.82, 2.24) is 0 Å². The van der Waals surface area contributed by atoms with Gasteiger partial charge < -0.3 is 0 Å². The molecule has 0 bridgehead atoms. The van der Waals surface area contributed by atoms with Gasteiger partial charge in [-0.2, -0.15) is 0 Å². The summed E-state index contributed by atoms with van der Waals surface area (Å²) < 4.78 is 0. The highest BCUT2D eigenvalue weighted by atomic mass is 14.7. The van der Waals surface area contributed by atoms with Crippen LogP contribution in [0.25, 0.3) is 0 Å². The number of hydrogen-bond acceptors (Lipinski definition) is 1. The fraction of sp³-hybridized carbons (Fsp3) is 0.375. The van der Waals surface area contributed by atoms with Crippen LogP contribution in [0.4, 0.5) is 0 Å². The summed E-state index contributed by atoms with van der Waals surface area (Å²) in [7, 11) is 0. The van der Waals surface area contributed by atoms with Crippen LogP contribution in [0.3, 0.4) is 0 Å². The zero-order valence-corrected chi connectivity index (χ0v) is 5.62. The molecule has 0 spiro atoms. The van der Waals surface area contributed by atoms with Crippen molar-refractivity contribution in [3.8, 4) is 0 Å². The lowest BCUT2D eigenvalue weighted by molar-refractivity contribution is 0.776. The maximum atomic E-state index is 4.02. The SMILES string of the molecule is CC1/C=C\C=C/N=CC1. The average Bonchev–Trinajstić information content (AvgIpc) is 1.79. The maximum Gasteiger partial charge on any atom is 0.0263 e. The lowest BCUT2D eigenvalue weighted by Gasteiger charge is -1.99. The van der Waals surface area contributed by atoms with Crippen LogP contribution in [-0.4, -0.2) is 6.21 Å². The molecule has 0 fully saturated rings. The number of nitrogens with zero attached hydrogens (tertiary/aromatic N) is 1. The number of allylic oxidation sites excluding steroid dienone is 3. The van der Waals surface area contributed by atoms with Gasteiger partial charge in [-0.05, 0) is 18.4 Å². The number of aliphatic imine (C=N–C) groups is 1. The fourth-order valence-corrected chi connectivity index (χ4v) is 0.720. The molecule has 0 radical (unpaired) electrons. The summed E-state index contributed by atoms with van der Waals surface area (Å²) in [5.74, 6) is 0.638. The summed E-state index contributed by atoms with van der Waals surface area (Å²) in [6.45, 7) is 2.18. The van der Waals surface area contributed by atoms with Crippen LogP contribution in [0, 0.1) is 5.92 Å². The molecule has 1 nitrogen and oxygen atoms in total. The van der Waals surface area contributed by atoms with Gasteiger partial charge in [-0.3, -0.25) is 4.99 Å². The van der Waals surface area contributed by atoms with E-state index in [0.717, 1.165) is 6.42 Å². The molecule has 1 aliphatic rings. The summed E-state index contributed by atoms with van der Waals surface area (Å²) in [4.78, 5) is 4.02. The Balaban J connectivity index is 2.59. The van der Waals surface area contributed by atoms with Gasteiger partial charge in [0.15, 0.2) is 0 Å². The Bertz CT molecular complexity index is 154. The topological polar surface area (TPSA) is 12.4 Å². The van der Waals surface area contributed by atoms with Gasteiger partial charge in [0.05, 0.1) is 0 Å². The van der Waals surface area contributed by atoms with E-state index < -0.39 is 0 Å². The van der Waals surface area contributed by atoms with E-state index in [-0.39, 0.29) is 0 Å². The molecule has 1 aliphatic heterocycles. The van der Waals surface area contributed by atoms with Crippen molar-refractivity contribution in [2.24, 2.45) is 10.9 Å². The Morgan fingerprint density at radius 3 is 3.22 bits per heavy atom. The zero-order chi connectivity index (χ0) is 6.53. The van der Waals surface area contributed by atoms with Crippen molar-refractivity contribution >= 4 is 6.21 Å². The average molecular weight is 121 g/mol. The summed E-state index contributed by atoms with van der Waals surface area (Å²) in [6, 6.07) is 0. The van der Waals surface area contributed by atoms with E-state index in [4.69, 9.17) is 0 Å². The van der Waals surface area contributed by atoms with E-state index in [0.29, 0.717) is 5.92 Å². The molecule has 1 rings (SSSR count). The lowest BCUT2D eigenvalue weighted by Crippen LogP contribution is -1.90. The van der Waals surface area contributed by atoms with Crippen LogP contribution in [-0.2, 0) is 0 Å². The number of hydrogen-bond donors (Lipinski definition) is 0. The number of rotatable bonds is 0. The van der Waals surface area contributed by atoms with E-state index in [1.165, 1.54) is 0 Å². The largest absolute Gasteiger partial charge is 0.269 e. The molecule has 0 aromatic rings. The molecular weight excluding hydrogens is 110 g/mol. The van der Waals surface area contributed by atoms with E-state index in [1.807, 2.05) is 24.6 Å². The van der Waals surface area contributed by atoms with Gasteiger partial charge in [-0.1, -0.05) is 19.1 Å².